The van der Waals surface area contributed by atoms with E-state index in [0.717, 1.165) is 65.9 Å². The van der Waals surface area contributed by atoms with Crippen molar-refractivity contribution in [1.82, 2.24) is 35.6 Å². The number of fused-ring (bicyclic) bond motifs is 5. The van der Waals surface area contributed by atoms with E-state index in [1.165, 1.54) is 32.1 Å². The summed E-state index contributed by atoms with van der Waals surface area (Å²) in [7, 11) is 0. The Balaban J connectivity index is 0.000000719. The van der Waals surface area contributed by atoms with Crippen molar-refractivity contribution in [3.8, 4) is 0 Å². The smallest absolute Gasteiger partial charge is 0.296 e. The van der Waals surface area contributed by atoms with Crippen molar-refractivity contribution in [1.29, 1.82) is 0 Å². The first-order valence-corrected chi connectivity index (χ1v) is 42.8. The van der Waals surface area contributed by atoms with E-state index >= 15 is 0 Å². The number of aromatic amines is 5. The summed E-state index contributed by atoms with van der Waals surface area (Å²) in [5.74, 6) is -5.80. The topological polar surface area (TPSA) is 310 Å². The quantitative estimate of drug-likeness (QED) is 0.0342. The fraction of sp³-hybridized carbons (Fsp3) is 0.262. The molecule has 5 amide bonds. The van der Waals surface area contributed by atoms with E-state index in [4.69, 9.17) is 0 Å². The molecule has 5 heterocycles. The Morgan fingerprint density at radius 1 is 0.236 bits per heavy atom. The van der Waals surface area contributed by atoms with Gasteiger partial charge in [-0.2, -0.15) is 0 Å². The fourth-order valence-corrected chi connectivity index (χ4v) is 10.5. The molecule has 0 radical (unpaired) electrons. The maximum Gasteiger partial charge on any atom is 0.296 e. The van der Waals surface area contributed by atoms with E-state index in [1.54, 1.807) is 116 Å². The van der Waals surface area contributed by atoms with E-state index < -0.39 is 58.5 Å². The van der Waals surface area contributed by atoms with Crippen molar-refractivity contribution in [2.24, 2.45) is 0 Å². The first-order chi connectivity index (χ1) is 59.8. The molecule has 20 nitrogen and oxygen atoms in total. The van der Waals surface area contributed by atoms with Crippen LogP contribution in [0.5, 0.6) is 0 Å². The van der Waals surface area contributed by atoms with Gasteiger partial charge in [0.15, 0.2) is 0 Å². The zero-order valence-electron chi connectivity index (χ0n) is 75.6. The molecule has 10 N–H and O–H groups in total. The van der Waals surface area contributed by atoms with E-state index in [2.05, 4.69) is 121 Å². The summed E-state index contributed by atoms with van der Waals surface area (Å²) >= 11 is 0. The van der Waals surface area contributed by atoms with Crippen LogP contribution in [0.25, 0.3) is 54.5 Å². The molecule has 2 aliphatic rings. The number of Topliss-reactive ketones (excluding diaryl/α,β-unsaturated/α-hetero) is 5. The zero-order chi connectivity index (χ0) is 91.9. The van der Waals surface area contributed by atoms with Gasteiger partial charge in [0.1, 0.15) is 0 Å². The van der Waals surface area contributed by atoms with Gasteiger partial charge in [-0.15, -0.1) is 0 Å². The highest BCUT2D eigenvalue weighted by Crippen LogP contribution is 2.24. The number of allylic oxidation sites excluding steroid dienone is 6. The standard InChI is InChI=1S/3C16H12N2O2.2C15H12N2O2.5C3H8.5C2H6/c3*19-15(16(20)18-11-6-2-1-3-7-11)13-10-17-14-9-5-4-8-12(13)14;2*18-14(15(19)17-10-5-1-2-6-10)12-9-16-13-8-4-3-7-11(12)13;5*1-3-2;5*1-2/h3*1-10,17H,(H,18,20);2*1-5,7-9,16H,6H2,(H,17,19);5*3H2,1-2H3;5*1-2H3. The maximum atomic E-state index is 12.2. The van der Waals surface area contributed by atoms with Crippen molar-refractivity contribution < 1.29 is 47.9 Å². The molecule has 0 bridgehead atoms. The third-order valence-electron chi connectivity index (χ3n) is 15.4. The largest absolute Gasteiger partial charge is 0.360 e. The fourth-order valence-electron chi connectivity index (χ4n) is 10.5. The van der Waals surface area contributed by atoms with Gasteiger partial charge in [0.05, 0.1) is 27.8 Å². The van der Waals surface area contributed by atoms with Gasteiger partial charge >= 0.3 is 0 Å². The van der Waals surface area contributed by atoms with Crippen molar-refractivity contribution >= 4 is 130 Å². The van der Waals surface area contributed by atoms with E-state index in [9.17, 15) is 47.9 Å². The Kier molecular flexibility index (Phi) is 55.8. The number of nitrogens with one attached hydrogen (secondary N) is 10. The lowest BCUT2D eigenvalue weighted by Gasteiger charge is -2.04. The monoisotopic (exact) mass is 1670 g/mol. The molecule has 0 saturated carbocycles. The highest BCUT2D eigenvalue weighted by atomic mass is 16.2. The molecule has 20 heteroatoms. The van der Waals surface area contributed by atoms with Crippen LogP contribution in [0.4, 0.5) is 17.1 Å². The lowest BCUT2D eigenvalue weighted by Crippen LogP contribution is -2.29. The molecule has 0 aliphatic heterocycles. The average Bonchev–Trinajstić information content (AvgIpc) is 1.71. The summed E-state index contributed by atoms with van der Waals surface area (Å²) in [6.45, 7) is 41.2. The van der Waals surface area contributed by atoms with Crippen LogP contribution >= 0.6 is 0 Å². The number of aromatic nitrogens is 5. The number of hydrogen-bond acceptors (Lipinski definition) is 10. The molecule has 0 atom stereocenters. The van der Waals surface area contributed by atoms with Crippen LogP contribution in [-0.2, 0) is 24.0 Å². The lowest BCUT2D eigenvalue weighted by atomic mass is 10.1. The number of rotatable bonds is 15. The van der Waals surface area contributed by atoms with Crippen LogP contribution in [0.3, 0.4) is 0 Å². The van der Waals surface area contributed by atoms with Crippen LogP contribution in [0.1, 0.15) is 235 Å². The second-order valence-electron chi connectivity index (χ2n) is 25.4. The Bertz CT molecular complexity index is 4950. The minimum Gasteiger partial charge on any atom is -0.360 e. The molecule has 15 rings (SSSR count). The normalized spacial score (nSPS) is 10.2. The summed E-state index contributed by atoms with van der Waals surface area (Å²) in [6.07, 6.45) is 26.6. The van der Waals surface area contributed by atoms with Gasteiger partial charge in [0.2, 0.25) is 0 Å². The number of H-pyrrole nitrogens is 5. The Labute approximate surface area is 727 Å². The summed E-state index contributed by atoms with van der Waals surface area (Å²) in [5.41, 5.74) is 9.46. The van der Waals surface area contributed by atoms with Crippen molar-refractivity contribution in [3.05, 3.63) is 319 Å². The Morgan fingerprint density at radius 2 is 0.398 bits per heavy atom. The first-order valence-electron chi connectivity index (χ1n) is 42.8. The number of para-hydroxylation sites is 8. The molecule has 13 aromatic rings. The SMILES string of the molecule is CC.CC.CC.CC.CC.CCC.CCC.CCC.CCC.CCC.O=C(NC1=CC=CC1)C(=O)c1c[nH]c2ccccc12.O=C(NC1=CC=CC1)C(=O)c1c[nH]c2ccccc12.O=C(Nc1ccccc1)C(=O)c1c[nH]c2ccccc12.O=C(Nc1ccccc1)C(=O)c1c[nH]c2ccccc12.O=C(Nc1ccccc1)C(=O)c1c[nH]c2ccccc12. The van der Waals surface area contributed by atoms with E-state index in [1.807, 2.05) is 233 Å². The average molecular weight is 1670 g/mol. The van der Waals surface area contributed by atoms with Crippen molar-refractivity contribution in [2.75, 3.05) is 16.0 Å². The first kappa shape index (κ1) is 107. The predicted octanol–water partition coefficient (Wildman–Crippen LogP) is 25.8. The second-order valence-corrected chi connectivity index (χ2v) is 25.4. The second kappa shape index (κ2) is 64.1. The van der Waals surface area contributed by atoms with Crippen molar-refractivity contribution in [3.63, 3.8) is 0 Å². The molecule has 0 fully saturated rings. The lowest BCUT2D eigenvalue weighted by molar-refractivity contribution is -0.117. The molecule has 8 aromatic carbocycles. The number of ketones is 5. The van der Waals surface area contributed by atoms with Crippen LogP contribution in [0.2, 0.25) is 0 Å². The van der Waals surface area contributed by atoms with Gasteiger partial charge in [0, 0.05) is 127 Å². The molecule has 2 aliphatic carbocycles. The minimum atomic E-state index is -0.638. The summed E-state index contributed by atoms with van der Waals surface area (Å²) in [6, 6.07) is 63.7. The van der Waals surface area contributed by atoms with Crippen molar-refractivity contribution in [2.45, 2.75) is 183 Å². The summed E-state index contributed by atoms with van der Waals surface area (Å²) in [4.78, 5) is 136. The maximum absolute atomic E-state index is 12.2. The number of amides is 5. The molecule has 123 heavy (non-hydrogen) atoms. The van der Waals surface area contributed by atoms with Gasteiger partial charge in [-0.25, -0.2) is 0 Å². The molecule has 5 aromatic heterocycles. The Morgan fingerprint density at radius 3 is 0.569 bits per heavy atom. The number of carbonyl (C=O) groups is 10. The minimum absolute atomic E-state index is 0.383. The van der Waals surface area contributed by atoms with Gasteiger partial charge in [-0.05, 0) is 78.9 Å². The molecule has 0 unspecified atom stereocenters. The van der Waals surface area contributed by atoms with Crippen LogP contribution in [0.15, 0.2) is 291 Å². The van der Waals surface area contributed by atoms with E-state index in [-0.39, 0.29) is 0 Å². The summed E-state index contributed by atoms with van der Waals surface area (Å²) in [5, 5.41) is 16.8. The third-order valence-corrected chi connectivity index (χ3v) is 15.4. The highest BCUT2D eigenvalue weighted by Gasteiger charge is 2.25. The number of hydrogen-bond donors (Lipinski definition) is 10. The van der Waals surface area contributed by atoms with Gasteiger partial charge in [0.25, 0.3) is 58.5 Å². The van der Waals surface area contributed by atoms with Gasteiger partial charge < -0.3 is 51.5 Å². The number of anilines is 3. The molecule has 0 spiro atoms. The third kappa shape index (κ3) is 35.9. The summed E-state index contributed by atoms with van der Waals surface area (Å²) < 4.78 is 0. The number of benzene rings is 8. The number of carbonyl (C=O) groups excluding carboxylic acids is 10. The Hall–Kier alpha value is -13.9. The van der Waals surface area contributed by atoms with Crippen LogP contribution in [-0.4, -0.2) is 83.4 Å². The van der Waals surface area contributed by atoms with Gasteiger partial charge in [-0.3, -0.25) is 47.9 Å². The molecular weight excluding hydrogens is 1540 g/mol. The predicted molar refractivity (Wildman–Crippen MR) is 515 cm³/mol. The molecule has 0 saturated heterocycles. The molecular formula is C103H130N10O10. The van der Waals surface area contributed by atoms with Crippen LogP contribution < -0.4 is 26.6 Å². The molecule has 652 valence electrons. The zero-order valence-corrected chi connectivity index (χ0v) is 75.6. The highest BCUT2D eigenvalue weighted by molar-refractivity contribution is 6.50. The van der Waals surface area contributed by atoms with E-state index in [0.29, 0.717) is 57.7 Å². The van der Waals surface area contributed by atoms with Gasteiger partial charge in [-0.1, -0.05) is 340 Å². The van der Waals surface area contributed by atoms with Crippen LogP contribution in [0, 0.1) is 0 Å².